The molecule has 0 N–H and O–H groups in total. The van der Waals surface area contributed by atoms with Gasteiger partial charge >= 0.3 is 0 Å². The van der Waals surface area contributed by atoms with Crippen LogP contribution in [0.1, 0.15) is 6.92 Å². The predicted molar refractivity (Wildman–Crippen MR) is 41.5 cm³/mol. The first-order chi connectivity index (χ1) is 4.85. The molecule has 54 valence electrons. The van der Waals surface area contributed by atoms with E-state index >= 15 is 0 Å². The molecule has 0 aliphatic carbocycles. The van der Waals surface area contributed by atoms with E-state index in [1.165, 1.54) is 6.08 Å². The molecule has 0 bridgehead atoms. The van der Waals surface area contributed by atoms with Crippen molar-refractivity contribution < 1.29 is 4.79 Å². The first kappa shape index (κ1) is 8.86. The lowest BCUT2D eigenvalue weighted by molar-refractivity contribution is 0.561. The third kappa shape index (κ3) is 3.81. The number of isocyanates is 1. The van der Waals surface area contributed by atoms with Crippen LogP contribution in [0.2, 0.25) is 0 Å². The van der Waals surface area contributed by atoms with Crippen LogP contribution in [0.15, 0.2) is 29.8 Å². The van der Waals surface area contributed by atoms with Crippen molar-refractivity contribution in [2.75, 3.05) is 6.54 Å². The van der Waals surface area contributed by atoms with E-state index in [1.807, 2.05) is 19.1 Å². The Labute approximate surface area is 61.0 Å². The van der Waals surface area contributed by atoms with Crippen LogP contribution in [-0.2, 0) is 4.79 Å². The van der Waals surface area contributed by atoms with Crippen molar-refractivity contribution in [3.8, 4) is 0 Å². The van der Waals surface area contributed by atoms with Crippen molar-refractivity contribution >= 4 is 6.08 Å². The zero-order chi connectivity index (χ0) is 7.82. The van der Waals surface area contributed by atoms with Gasteiger partial charge in [-0.3, -0.25) is 0 Å². The van der Waals surface area contributed by atoms with Gasteiger partial charge < -0.3 is 0 Å². The molecular formula is C8H11NO. The number of hydrogen-bond acceptors (Lipinski definition) is 2. The van der Waals surface area contributed by atoms with Crippen molar-refractivity contribution in [1.82, 2.24) is 0 Å². The maximum Gasteiger partial charge on any atom is 0.234 e. The van der Waals surface area contributed by atoms with Gasteiger partial charge in [0.2, 0.25) is 6.08 Å². The fraction of sp³-hybridized carbons (Fsp3) is 0.375. The summed E-state index contributed by atoms with van der Waals surface area (Å²) in [5.41, 5.74) is 0. The van der Waals surface area contributed by atoms with Crippen molar-refractivity contribution in [3.63, 3.8) is 0 Å². The average molecular weight is 137 g/mol. The highest BCUT2D eigenvalue weighted by molar-refractivity contribution is 5.33. The van der Waals surface area contributed by atoms with Gasteiger partial charge in [0.25, 0.3) is 0 Å². The maximum atomic E-state index is 9.68. The molecule has 1 unspecified atom stereocenters. The van der Waals surface area contributed by atoms with E-state index in [4.69, 9.17) is 0 Å². The fourth-order valence-corrected chi connectivity index (χ4v) is 0.604. The van der Waals surface area contributed by atoms with E-state index in [2.05, 4.69) is 11.6 Å². The van der Waals surface area contributed by atoms with Crippen LogP contribution in [0.4, 0.5) is 0 Å². The van der Waals surface area contributed by atoms with Gasteiger partial charge in [0.1, 0.15) is 0 Å². The maximum absolute atomic E-state index is 9.68. The molecule has 2 heteroatoms. The molecule has 0 aromatic heterocycles. The van der Waals surface area contributed by atoms with E-state index in [0.717, 1.165) is 0 Å². The Balaban J connectivity index is 3.82. The zero-order valence-electron chi connectivity index (χ0n) is 6.08. The lowest BCUT2D eigenvalue weighted by Crippen LogP contribution is -1.94. The molecule has 0 radical (unpaired) electrons. The van der Waals surface area contributed by atoms with Crippen LogP contribution in [0.25, 0.3) is 0 Å². The highest BCUT2D eigenvalue weighted by Crippen LogP contribution is 1.99. The molecule has 0 heterocycles. The average Bonchev–Trinajstić information content (AvgIpc) is 1.98. The Morgan fingerprint density at radius 2 is 2.50 bits per heavy atom. The SMILES string of the molecule is C=CC(C=CC)CN=C=O. The summed E-state index contributed by atoms with van der Waals surface area (Å²) in [7, 11) is 0. The van der Waals surface area contributed by atoms with Crippen LogP contribution in [0.3, 0.4) is 0 Å². The molecular weight excluding hydrogens is 126 g/mol. The molecule has 0 fully saturated rings. The monoisotopic (exact) mass is 137 g/mol. The number of nitrogens with zero attached hydrogens (tertiary/aromatic N) is 1. The summed E-state index contributed by atoms with van der Waals surface area (Å²) >= 11 is 0. The summed E-state index contributed by atoms with van der Waals surface area (Å²) in [6, 6.07) is 0. The Morgan fingerprint density at radius 3 is 2.90 bits per heavy atom. The molecule has 0 saturated heterocycles. The standard InChI is InChI=1S/C8H11NO/c1-3-5-8(4-2)6-9-7-10/h3-5,8H,2,6H2,1H3. The van der Waals surface area contributed by atoms with Gasteiger partial charge in [-0.1, -0.05) is 18.2 Å². The number of carbonyl (C=O) groups excluding carboxylic acids is 1. The molecule has 1 atom stereocenters. The third-order valence-electron chi connectivity index (χ3n) is 1.11. The zero-order valence-corrected chi connectivity index (χ0v) is 6.08. The Bertz CT molecular complexity index is 166. The van der Waals surface area contributed by atoms with E-state index in [0.29, 0.717) is 6.54 Å². The smallest absolute Gasteiger partial charge is 0.211 e. The normalized spacial score (nSPS) is 12.5. The second kappa shape index (κ2) is 5.99. The lowest BCUT2D eigenvalue weighted by Gasteiger charge is -1.98. The summed E-state index contributed by atoms with van der Waals surface area (Å²) in [5, 5.41) is 0. The Hall–Kier alpha value is -1.14. The predicted octanol–water partition coefficient (Wildman–Crippen LogP) is 1.70. The topological polar surface area (TPSA) is 29.4 Å². The van der Waals surface area contributed by atoms with Gasteiger partial charge in [0, 0.05) is 5.92 Å². The van der Waals surface area contributed by atoms with Crippen molar-refractivity contribution in [2.45, 2.75) is 6.92 Å². The van der Waals surface area contributed by atoms with E-state index in [9.17, 15) is 4.79 Å². The van der Waals surface area contributed by atoms with E-state index in [1.54, 1.807) is 6.08 Å². The minimum Gasteiger partial charge on any atom is -0.211 e. The Kier molecular flexibility index (Phi) is 5.30. The molecule has 10 heavy (non-hydrogen) atoms. The van der Waals surface area contributed by atoms with Crippen LogP contribution in [0.5, 0.6) is 0 Å². The lowest BCUT2D eigenvalue weighted by atomic mass is 10.1. The summed E-state index contributed by atoms with van der Waals surface area (Å²) in [6.45, 7) is 5.96. The van der Waals surface area contributed by atoms with Crippen molar-refractivity contribution in [3.05, 3.63) is 24.8 Å². The molecule has 0 aliphatic rings. The van der Waals surface area contributed by atoms with Gasteiger partial charge in [0.05, 0.1) is 6.54 Å². The van der Waals surface area contributed by atoms with Crippen LogP contribution >= 0.6 is 0 Å². The molecule has 0 amide bonds. The first-order valence-corrected chi connectivity index (χ1v) is 3.14. The molecule has 0 spiro atoms. The summed E-state index contributed by atoms with van der Waals surface area (Å²) < 4.78 is 0. The highest BCUT2D eigenvalue weighted by atomic mass is 16.1. The van der Waals surface area contributed by atoms with Gasteiger partial charge in [-0.2, -0.15) is 0 Å². The minimum absolute atomic E-state index is 0.173. The van der Waals surface area contributed by atoms with Crippen LogP contribution in [-0.4, -0.2) is 12.6 Å². The first-order valence-electron chi connectivity index (χ1n) is 3.14. The minimum atomic E-state index is 0.173. The second-order valence-electron chi connectivity index (χ2n) is 1.86. The van der Waals surface area contributed by atoms with Crippen molar-refractivity contribution in [1.29, 1.82) is 0 Å². The number of rotatable bonds is 4. The van der Waals surface area contributed by atoms with E-state index in [-0.39, 0.29) is 5.92 Å². The molecule has 0 aromatic rings. The number of allylic oxidation sites excluding steroid dienone is 1. The van der Waals surface area contributed by atoms with Gasteiger partial charge in [-0.05, 0) is 6.92 Å². The van der Waals surface area contributed by atoms with Gasteiger partial charge in [-0.25, -0.2) is 9.79 Å². The van der Waals surface area contributed by atoms with Gasteiger partial charge in [0.15, 0.2) is 0 Å². The van der Waals surface area contributed by atoms with Gasteiger partial charge in [-0.15, -0.1) is 6.58 Å². The fourth-order valence-electron chi connectivity index (χ4n) is 0.604. The molecule has 0 aromatic carbocycles. The molecule has 2 nitrogen and oxygen atoms in total. The largest absolute Gasteiger partial charge is 0.234 e. The Morgan fingerprint density at radius 1 is 1.80 bits per heavy atom. The second-order valence-corrected chi connectivity index (χ2v) is 1.86. The number of hydrogen-bond donors (Lipinski definition) is 0. The quantitative estimate of drug-likeness (QED) is 0.329. The van der Waals surface area contributed by atoms with Crippen molar-refractivity contribution in [2.24, 2.45) is 10.9 Å². The molecule has 0 saturated carbocycles. The number of aliphatic imine (C=N–C) groups is 1. The molecule has 0 aliphatic heterocycles. The summed E-state index contributed by atoms with van der Waals surface area (Å²) in [5.74, 6) is 0.173. The summed E-state index contributed by atoms with van der Waals surface area (Å²) in [4.78, 5) is 13.1. The summed E-state index contributed by atoms with van der Waals surface area (Å²) in [6.07, 6.45) is 7.08. The molecule has 0 rings (SSSR count). The van der Waals surface area contributed by atoms with Crippen LogP contribution < -0.4 is 0 Å². The third-order valence-corrected chi connectivity index (χ3v) is 1.11. The van der Waals surface area contributed by atoms with E-state index < -0.39 is 0 Å². The highest BCUT2D eigenvalue weighted by Gasteiger charge is 1.94. The van der Waals surface area contributed by atoms with Crippen LogP contribution in [0, 0.1) is 5.92 Å².